The molecule has 0 saturated carbocycles. The number of carbonyl (C=O) groups is 4. The molecule has 2 aliphatic heterocycles. The van der Waals surface area contributed by atoms with Crippen LogP contribution in [0.5, 0.6) is 0 Å². The molecule has 9 nitrogen and oxygen atoms in total. The minimum atomic E-state index is -1.46. The lowest BCUT2D eigenvalue weighted by atomic mass is 9.96. The van der Waals surface area contributed by atoms with Crippen molar-refractivity contribution in [2.75, 3.05) is 0 Å². The second-order valence-electron chi connectivity index (χ2n) is 8.36. The summed E-state index contributed by atoms with van der Waals surface area (Å²) in [5, 5.41) is 2.16. The van der Waals surface area contributed by atoms with E-state index >= 15 is 0 Å². The highest BCUT2D eigenvalue weighted by Gasteiger charge is 2.65. The van der Waals surface area contributed by atoms with Gasteiger partial charge in [0.2, 0.25) is 5.91 Å². The van der Waals surface area contributed by atoms with Crippen molar-refractivity contribution in [2.24, 2.45) is 0 Å². The van der Waals surface area contributed by atoms with Crippen LogP contribution in [-0.2, 0) is 35.2 Å². The molecule has 0 bridgehead atoms. The van der Waals surface area contributed by atoms with Crippen LogP contribution in [0, 0.1) is 0 Å². The standard InChI is InChI=1S/C21H26N2O7S/c1-12(24)29-21(4,5)30-18(26)15-20(2,3)31-17-14(16(25)23(15)17)22-19(27)28-11-13-9-7-6-8-10-13/h6-10,14-15,17H,11H2,1-5H3,(H,22,27)/t14?,15-,17+/m0/s1. The number of thioether (sulfide) groups is 1. The molecule has 2 amide bonds. The first-order valence-corrected chi connectivity index (χ1v) is 10.7. The van der Waals surface area contributed by atoms with Gasteiger partial charge in [-0.25, -0.2) is 9.59 Å². The zero-order valence-corrected chi connectivity index (χ0v) is 18.9. The zero-order chi connectivity index (χ0) is 23.0. The molecule has 1 aromatic carbocycles. The molecule has 1 N–H and O–H groups in total. The van der Waals surface area contributed by atoms with E-state index in [2.05, 4.69) is 5.32 Å². The van der Waals surface area contributed by atoms with Crippen molar-refractivity contribution in [3.63, 3.8) is 0 Å². The molecule has 3 atom stereocenters. The van der Waals surface area contributed by atoms with Crippen molar-refractivity contribution in [2.45, 2.75) is 69.2 Å². The van der Waals surface area contributed by atoms with Crippen LogP contribution in [0.15, 0.2) is 30.3 Å². The van der Waals surface area contributed by atoms with E-state index in [0.717, 1.165) is 5.56 Å². The zero-order valence-electron chi connectivity index (χ0n) is 18.0. The molecule has 0 spiro atoms. The molecule has 2 heterocycles. The molecule has 31 heavy (non-hydrogen) atoms. The summed E-state index contributed by atoms with van der Waals surface area (Å²) >= 11 is 1.39. The molecule has 2 saturated heterocycles. The van der Waals surface area contributed by atoms with Gasteiger partial charge in [-0.15, -0.1) is 11.8 Å². The van der Waals surface area contributed by atoms with Crippen LogP contribution < -0.4 is 5.32 Å². The van der Waals surface area contributed by atoms with E-state index in [1.165, 1.54) is 37.4 Å². The summed E-state index contributed by atoms with van der Waals surface area (Å²) in [4.78, 5) is 50.4. The summed E-state index contributed by atoms with van der Waals surface area (Å²) in [6.07, 6.45) is -0.706. The normalized spacial score (nSPS) is 24.0. The average Bonchev–Trinajstić information content (AvgIpc) is 2.92. The summed E-state index contributed by atoms with van der Waals surface area (Å²) in [5.41, 5.74) is 0.828. The number of β-lactam (4-membered cyclic amide) rings is 1. The summed E-state index contributed by atoms with van der Waals surface area (Å²) in [7, 11) is 0. The SMILES string of the molecule is CC(=O)OC(C)(C)OC(=O)[C@@H]1N2C(=O)C(NC(=O)OCc3ccccc3)[C@H]2SC1(C)C. The molecule has 1 unspecified atom stereocenters. The fraction of sp³-hybridized carbons (Fsp3) is 0.524. The topological polar surface area (TPSA) is 111 Å². The van der Waals surface area contributed by atoms with Gasteiger partial charge in [0.15, 0.2) is 0 Å². The number of amides is 2. The van der Waals surface area contributed by atoms with Gasteiger partial charge in [0, 0.05) is 25.5 Å². The summed E-state index contributed by atoms with van der Waals surface area (Å²) in [5.74, 6) is -3.13. The van der Waals surface area contributed by atoms with E-state index in [9.17, 15) is 19.2 Å². The number of nitrogens with one attached hydrogen (secondary N) is 1. The van der Waals surface area contributed by atoms with Crippen LogP contribution in [-0.4, -0.2) is 56.8 Å². The number of ether oxygens (including phenoxy) is 3. The van der Waals surface area contributed by atoms with E-state index in [4.69, 9.17) is 14.2 Å². The number of benzene rings is 1. The van der Waals surface area contributed by atoms with Crippen molar-refractivity contribution in [3.8, 4) is 0 Å². The Bertz CT molecular complexity index is 887. The van der Waals surface area contributed by atoms with Gasteiger partial charge in [0.1, 0.15) is 24.1 Å². The molecule has 0 aliphatic carbocycles. The van der Waals surface area contributed by atoms with Gasteiger partial charge in [-0.05, 0) is 19.4 Å². The van der Waals surface area contributed by atoms with Gasteiger partial charge >= 0.3 is 18.0 Å². The molecular formula is C21H26N2O7S. The van der Waals surface area contributed by atoms with Crippen LogP contribution in [0.4, 0.5) is 4.79 Å². The summed E-state index contributed by atoms with van der Waals surface area (Å²) in [6.45, 7) is 7.83. The van der Waals surface area contributed by atoms with E-state index < -0.39 is 51.9 Å². The van der Waals surface area contributed by atoms with Gasteiger partial charge in [-0.2, -0.15) is 0 Å². The number of hydrogen-bond acceptors (Lipinski definition) is 8. The van der Waals surface area contributed by atoms with Gasteiger partial charge in [0.05, 0.1) is 0 Å². The van der Waals surface area contributed by atoms with Crippen LogP contribution in [0.25, 0.3) is 0 Å². The third-order valence-electron chi connectivity index (χ3n) is 4.89. The summed E-state index contributed by atoms with van der Waals surface area (Å²) < 4.78 is 14.9. The minimum absolute atomic E-state index is 0.0841. The van der Waals surface area contributed by atoms with Gasteiger partial charge < -0.3 is 24.4 Å². The van der Waals surface area contributed by atoms with Gasteiger partial charge in [0.25, 0.3) is 5.79 Å². The quantitative estimate of drug-likeness (QED) is 0.399. The maximum Gasteiger partial charge on any atom is 0.408 e. The molecule has 2 fully saturated rings. The smallest absolute Gasteiger partial charge is 0.408 e. The van der Waals surface area contributed by atoms with Crippen LogP contribution in [0.1, 0.15) is 40.2 Å². The third kappa shape index (κ3) is 4.95. The van der Waals surface area contributed by atoms with Crippen LogP contribution >= 0.6 is 11.8 Å². The molecule has 168 valence electrons. The lowest BCUT2D eigenvalue weighted by Gasteiger charge is -2.44. The van der Waals surface area contributed by atoms with Crippen LogP contribution in [0.2, 0.25) is 0 Å². The highest BCUT2D eigenvalue weighted by Crippen LogP contribution is 2.51. The number of nitrogens with zero attached hydrogens (tertiary/aromatic N) is 1. The largest absolute Gasteiger partial charge is 0.445 e. The van der Waals surface area contributed by atoms with Crippen molar-refractivity contribution in [1.29, 1.82) is 0 Å². The Labute approximate surface area is 184 Å². The fourth-order valence-corrected chi connectivity index (χ4v) is 5.30. The number of fused-ring (bicyclic) bond motifs is 1. The Hall–Kier alpha value is -2.75. The molecule has 10 heteroatoms. The minimum Gasteiger partial charge on any atom is -0.445 e. The Kier molecular flexibility index (Phi) is 6.22. The third-order valence-corrected chi connectivity index (χ3v) is 6.46. The van der Waals surface area contributed by atoms with E-state index in [1.807, 2.05) is 44.2 Å². The monoisotopic (exact) mass is 450 g/mol. The van der Waals surface area contributed by atoms with Crippen molar-refractivity contribution in [3.05, 3.63) is 35.9 Å². The maximum absolute atomic E-state index is 12.8. The lowest BCUT2D eigenvalue weighted by molar-refractivity contribution is -0.219. The molecule has 0 aromatic heterocycles. The highest BCUT2D eigenvalue weighted by molar-refractivity contribution is 8.01. The number of rotatable bonds is 6. The number of hydrogen-bond donors (Lipinski definition) is 1. The Morgan fingerprint density at radius 3 is 2.42 bits per heavy atom. The average molecular weight is 451 g/mol. The second-order valence-corrected chi connectivity index (χ2v) is 10.1. The summed E-state index contributed by atoms with van der Waals surface area (Å²) in [6, 6.07) is 7.50. The Balaban J connectivity index is 1.61. The van der Waals surface area contributed by atoms with Crippen molar-refractivity contribution >= 4 is 35.7 Å². The second kappa shape index (κ2) is 8.41. The predicted octanol–water partition coefficient (Wildman–Crippen LogP) is 2.19. The lowest BCUT2D eigenvalue weighted by Crippen LogP contribution is -2.71. The number of alkyl carbamates (subject to hydrolysis) is 1. The van der Waals surface area contributed by atoms with E-state index in [0.29, 0.717) is 0 Å². The number of esters is 2. The van der Waals surface area contributed by atoms with Gasteiger partial charge in [-0.1, -0.05) is 30.3 Å². The predicted molar refractivity (Wildman–Crippen MR) is 112 cm³/mol. The van der Waals surface area contributed by atoms with Crippen molar-refractivity contribution in [1.82, 2.24) is 10.2 Å². The fourth-order valence-electron chi connectivity index (χ4n) is 3.68. The van der Waals surface area contributed by atoms with Crippen LogP contribution in [0.3, 0.4) is 0 Å². The molecule has 3 rings (SSSR count). The molecule has 2 aliphatic rings. The van der Waals surface area contributed by atoms with E-state index in [-0.39, 0.29) is 6.61 Å². The first kappa shape index (κ1) is 22.9. The Morgan fingerprint density at radius 1 is 1.16 bits per heavy atom. The maximum atomic E-state index is 12.8. The molecule has 0 radical (unpaired) electrons. The first-order chi connectivity index (χ1) is 14.4. The Morgan fingerprint density at radius 2 is 1.81 bits per heavy atom. The van der Waals surface area contributed by atoms with E-state index in [1.54, 1.807) is 0 Å². The molecule has 1 aromatic rings. The number of carbonyl (C=O) groups excluding carboxylic acids is 4. The first-order valence-electron chi connectivity index (χ1n) is 9.81. The van der Waals surface area contributed by atoms with Crippen molar-refractivity contribution < 1.29 is 33.4 Å². The highest BCUT2D eigenvalue weighted by atomic mass is 32.2. The molecular weight excluding hydrogens is 424 g/mol. The van der Waals surface area contributed by atoms with Gasteiger partial charge in [-0.3, -0.25) is 9.59 Å².